The molecule has 0 aliphatic heterocycles. The van der Waals surface area contributed by atoms with Crippen LogP contribution in [0.3, 0.4) is 0 Å². The van der Waals surface area contributed by atoms with Crippen LogP contribution in [0.2, 0.25) is 0 Å². The molecule has 1 unspecified atom stereocenters. The van der Waals surface area contributed by atoms with Crippen molar-refractivity contribution in [2.24, 2.45) is 11.8 Å². The van der Waals surface area contributed by atoms with E-state index in [2.05, 4.69) is 120 Å². The summed E-state index contributed by atoms with van der Waals surface area (Å²) in [7, 11) is 0. The molecule has 0 amide bonds. The summed E-state index contributed by atoms with van der Waals surface area (Å²) in [5.74, 6) is 1.13. The van der Waals surface area contributed by atoms with Gasteiger partial charge in [0.05, 0.1) is 0 Å². The van der Waals surface area contributed by atoms with Crippen LogP contribution in [0.25, 0.3) is 11.1 Å². The van der Waals surface area contributed by atoms with Crippen molar-refractivity contribution in [3.05, 3.63) is 116 Å². The van der Waals surface area contributed by atoms with Gasteiger partial charge < -0.3 is 24.8 Å². The number of rotatable bonds is 5. The molecule has 3 heteroatoms. The first-order chi connectivity index (χ1) is 16.0. The van der Waals surface area contributed by atoms with Gasteiger partial charge in [0.15, 0.2) is 0 Å². The summed E-state index contributed by atoms with van der Waals surface area (Å²) in [6.07, 6.45) is 3.72. The van der Waals surface area contributed by atoms with Crippen LogP contribution in [0, 0.1) is 11.8 Å². The number of fused-ring (bicyclic) bond motifs is 3. The minimum atomic E-state index is -2.42. The minimum absolute atomic E-state index is 0. The number of benzene rings is 3. The third-order valence-electron chi connectivity index (χ3n) is 7.56. The molecule has 180 valence electrons. The van der Waals surface area contributed by atoms with Gasteiger partial charge in [-0.2, -0.15) is 0 Å². The molecule has 0 saturated carbocycles. The molecular weight excluding hydrogens is 546 g/mol. The van der Waals surface area contributed by atoms with Crippen molar-refractivity contribution in [3.63, 3.8) is 0 Å². The Balaban J connectivity index is 0.00000171. The maximum atomic E-state index is 2.58. The summed E-state index contributed by atoms with van der Waals surface area (Å²) >= 11 is -2.42. The maximum absolute atomic E-state index is 2.58. The zero-order chi connectivity index (χ0) is 23.1. The predicted molar refractivity (Wildman–Crippen MR) is 139 cm³/mol. The Morgan fingerprint density at radius 3 is 1.80 bits per heavy atom. The summed E-state index contributed by atoms with van der Waals surface area (Å²) < 4.78 is 4.12. The van der Waals surface area contributed by atoms with Crippen molar-refractivity contribution >= 4 is 3.21 Å². The fourth-order valence-corrected chi connectivity index (χ4v) is 16.3. The van der Waals surface area contributed by atoms with E-state index < -0.39 is 21.3 Å². The third-order valence-corrected chi connectivity index (χ3v) is 17.1. The van der Waals surface area contributed by atoms with Gasteiger partial charge in [0.1, 0.15) is 0 Å². The van der Waals surface area contributed by atoms with E-state index in [1.54, 1.807) is 25.5 Å². The van der Waals surface area contributed by atoms with E-state index in [-0.39, 0.29) is 24.8 Å². The van der Waals surface area contributed by atoms with E-state index in [1.165, 1.54) is 16.7 Å². The topological polar surface area (TPSA) is 0 Å². The van der Waals surface area contributed by atoms with Gasteiger partial charge in [-0.25, -0.2) is 0 Å². The molecule has 2 aliphatic carbocycles. The van der Waals surface area contributed by atoms with E-state index in [9.17, 15) is 0 Å². The molecule has 0 saturated heterocycles. The summed E-state index contributed by atoms with van der Waals surface area (Å²) in [6, 6.07) is 29.8. The Morgan fingerprint density at radius 1 is 0.800 bits per heavy atom. The van der Waals surface area contributed by atoms with Gasteiger partial charge in [-0.15, -0.1) is 0 Å². The van der Waals surface area contributed by atoms with E-state index in [0.29, 0.717) is 15.5 Å². The Labute approximate surface area is 231 Å². The largest absolute Gasteiger partial charge is 1.00 e. The molecule has 0 aromatic heterocycles. The molecule has 35 heavy (non-hydrogen) atoms. The van der Waals surface area contributed by atoms with Crippen LogP contribution in [0.1, 0.15) is 61.4 Å². The normalized spacial score (nSPS) is 16.8. The second-order valence-corrected chi connectivity index (χ2v) is 16.1. The fourth-order valence-electron chi connectivity index (χ4n) is 6.20. The van der Waals surface area contributed by atoms with Crippen LogP contribution in [0.15, 0.2) is 99.4 Å². The molecular formula is C32H34Cl2Zr. The second-order valence-electron chi connectivity index (χ2n) is 9.82. The van der Waals surface area contributed by atoms with Gasteiger partial charge >= 0.3 is 208 Å². The first-order valence-electron chi connectivity index (χ1n) is 12.4. The van der Waals surface area contributed by atoms with Crippen LogP contribution in [-0.2, 0) is 21.3 Å². The van der Waals surface area contributed by atoms with Crippen LogP contribution in [0.5, 0.6) is 0 Å². The van der Waals surface area contributed by atoms with Crippen molar-refractivity contribution in [1.82, 2.24) is 0 Å². The zero-order valence-electron chi connectivity index (χ0n) is 21.3. The average molecular weight is 581 g/mol. The number of hydrogen-bond donors (Lipinski definition) is 0. The monoisotopic (exact) mass is 578 g/mol. The van der Waals surface area contributed by atoms with Gasteiger partial charge in [0.2, 0.25) is 0 Å². The second kappa shape index (κ2) is 11.7. The Bertz CT molecular complexity index is 1250. The quantitative estimate of drug-likeness (QED) is 0.436. The van der Waals surface area contributed by atoms with Crippen molar-refractivity contribution < 1.29 is 46.1 Å². The predicted octanol–water partition coefficient (Wildman–Crippen LogP) is 2.52. The molecule has 1 atom stereocenters. The van der Waals surface area contributed by atoms with Crippen LogP contribution in [0.4, 0.5) is 0 Å². The maximum Gasteiger partial charge on any atom is -1.00 e. The van der Waals surface area contributed by atoms with Gasteiger partial charge in [0.25, 0.3) is 0 Å². The van der Waals surface area contributed by atoms with E-state index in [1.807, 2.05) is 3.28 Å². The van der Waals surface area contributed by atoms with Crippen LogP contribution in [-0.4, -0.2) is 3.21 Å². The third kappa shape index (κ3) is 4.90. The van der Waals surface area contributed by atoms with Crippen LogP contribution >= 0.6 is 0 Å². The molecule has 0 bridgehead atoms. The SMILES string of the molecule is CC/[C](c1ccccc1)=[Zr+2](\[C]1=C(C)C(C(C)C)=CC1C)[CH]1c2ccccc2-c2ccccc21.[Cl-].[Cl-]. The van der Waals surface area contributed by atoms with Gasteiger partial charge in [-0.05, 0) is 0 Å². The molecule has 3 aromatic carbocycles. The Morgan fingerprint density at radius 2 is 1.31 bits per heavy atom. The first-order valence-corrected chi connectivity index (χ1v) is 16.3. The van der Waals surface area contributed by atoms with Crippen molar-refractivity contribution in [1.29, 1.82) is 0 Å². The zero-order valence-corrected chi connectivity index (χ0v) is 25.2. The van der Waals surface area contributed by atoms with Crippen molar-refractivity contribution in [2.75, 3.05) is 0 Å². The van der Waals surface area contributed by atoms with E-state index in [4.69, 9.17) is 0 Å². The molecule has 3 aromatic rings. The molecule has 5 rings (SSSR count). The van der Waals surface area contributed by atoms with Crippen molar-refractivity contribution in [3.8, 4) is 11.1 Å². The van der Waals surface area contributed by atoms with E-state index in [0.717, 1.165) is 6.42 Å². The number of halogens is 2. The summed E-state index contributed by atoms with van der Waals surface area (Å²) in [5, 5.41) is 0. The van der Waals surface area contributed by atoms with Crippen LogP contribution < -0.4 is 24.8 Å². The molecule has 0 nitrogen and oxygen atoms in total. The standard InChI is InChI=1S/C13H9.C10H15.C9H10.2ClH.Zr/c1-3-7-12-10(5-1)9-11-6-2-4-8-13(11)12;1-7(2)10-6-8(3)5-9(10)4;1-2-6-9-7-4-3-5-8-9;;;/h1-9H;6-8H,1-4H3;3-5,7-8H,2H2,1H3;2*1H;/q;;;;;+2/p-2. The summed E-state index contributed by atoms with van der Waals surface area (Å²) in [6.45, 7) is 12.0. The fraction of sp³-hybridized carbons (Fsp3) is 0.281. The molecule has 0 radical (unpaired) electrons. The molecule has 0 N–H and O–H groups in total. The van der Waals surface area contributed by atoms with E-state index >= 15 is 0 Å². The summed E-state index contributed by atoms with van der Waals surface area (Å²) in [4.78, 5) is 0. The molecule has 0 fully saturated rings. The number of allylic oxidation sites excluding steroid dienone is 4. The minimum Gasteiger partial charge on any atom is -1.00 e. The Kier molecular flexibility index (Phi) is 9.36. The molecule has 0 heterocycles. The van der Waals surface area contributed by atoms with Crippen molar-refractivity contribution in [2.45, 2.75) is 44.7 Å². The number of hydrogen-bond acceptors (Lipinski definition) is 0. The van der Waals surface area contributed by atoms with Gasteiger partial charge in [-0.1, -0.05) is 0 Å². The Hall–Kier alpha value is -1.53. The first kappa shape index (κ1) is 28.1. The molecule has 2 aliphatic rings. The smallest absolute Gasteiger partial charge is 1.00 e. The van der Waals surface area contributed by atoms with Gasteiger partial charge in [-0.3, -0.25) is 0 Å². The van der Waals surface area contributed by atoms with Gasteiger partial charge in [0, 0.05) is 0 Å². The molecule has 0 spiro atoms. The summed E-state index contributed by atoms with van der Waals surface area (Å²) in [5.41, 5.74) is 10.7. The average Bonchev–Trinajstić information content (AvgIpc) is 3.32.